The van der Waals surface area contributed by atoms with Crippen LogP contribution in [0.1, 0.15) is 17.0 Å². The van der Waals surface area contributed by atoms with Crippen LogP contribution in [-0.2, 0) is 6.61 Å². The zero-order valence-electron chi connectivity index (χ0n) is 18.2. The van der Waals surface area contributed by atoms with Crippen LogP contribution in [-0.4, -0.2) is 19.2 Å². The molecule has 0 aliphatic carbocycles. The SMILES string of the molecule is Cc1nc2c(OCc3ccccc3)cccn2c(=O)c1-c1cc(C)n(-c2ccc(F)cc2)n1. The van der Waals surface area contributed by atoms with Crippen LogP contribution < -0.4 is 10.3 Å². The Bertz CT molecular complexity index is 1510. The summed E-state index contributed by atoms with van der Waals surface area (Å²) in [5.74, 6) is 0.211. The number of fused-ring (bicyclic) bond motifs is 1. The first-order valence-electron chi connectivity index (χ1n) is 10.5. The van der Waals surface area contributed by atoms with E-state index >= 15 is 0 Å². The molecule has 2 aromatic carbocycles. The minimum absolute atomic E-state index is 0.230. The Morgan fingerprint density at radius 2 is 1.73 bits per heavy atom. The largest absolute Gasteiger partial charge is 0.485 e. The summed E-state index contributed by atoms with van der Waals surface area (Å²) >= 11 is 0. The van der Waals surface area contributed by atoms with Crippen LogP contribution in [0.15, 0.2) is 83.8 Å². The molecule has 0 radical (unpaired) electrons. The predicted octanol–water partition coefficient (Wildman–Crippen LogP) is 4.88. The lowest BCUT2D eigenvalue weighted by Crippen LogP contribution is -2.19. The third kappa shape index (κ3) is 3.89. The van der Waals surface area contributed by atoms with Gasteiger partial charge >= 0.3 is 0 Å². The van der Waals surface area contributed by atoms with E-state index in [1.807, 2.05) is 43.3 Å². The average molecular weight is 440 g/mol. The van der Waals surface area contributed by atoms with Gasteiger partial charge in [-0.2, -0.15) is 5.10 Å². The molecule has 0 atom stereocenters. The van der Waals surface area contributed by atoms with Gasteiger partial charge in [-0.05, 0) is 61.9 Å². The molecule has 0 saturated carbocycles. The molecule has 3 aromatic heterocycles. The highest BCUT2D eigenvalue weighted by molar-refractivity contribution is 5.65. The molecule has 164 valence electrons. The van der Waals surface area contributed by atoms with Crippen LogP contribution in [0.25, 0.3) is 22.6 Å². The Morgan fingerprint density at radius 3 is 2.48 bits per heavy atom. The van der Waals surface area contributed by atoms with Crippen molar-refractivity contribution in [2.24, 2.45) is 0 Å². The molecule has 3 heterocycles. The van der Waals surface area contributed by atoms with Gasteiger partial charge in [-0.3, -0.25) is 9.20 Å². The molecule has 5 rings (SSSR count). The number of nitrogens with zero attached hydrogens (tertiary/aromatic N) is 4. The summed E-state index contributed by atoms with van der Waals surface area (Å²) in [6, 6.07) is 21.3. The van der Waals surface area contributed by atoms with E-state index in [1.165, 1.54) is 16.5 Å². The topological polar surface area (TPSA) is 61.4 Å². The number of pyridine rings is 1. The number of benzene rings is 2. The standard InChI is InChI=1S/C26H21FN4O2/c1-17-15-22(29-31(17)21-12-10-20(27)11-13-21)24-18(2)28-25-23(9-6-14-30(25)26(24)32)33-16-19-7-4-3-5-8-19/h3-15H,16H2,1-2H3. The highest BCUT2D eigenvalue weighted by atomic mass is 19.1. The highest BCUT2D eigenvalue weighted by Crippen LogP contribution is 2.24. The monoisotopic (exact) mass is 440 g/mol. The fourth-order valence-electron chi connectivity index (χ4n) is 3.83. The number of halogens is 1. The van der Waals surface area contributed by atoms with Crippen molar-refractivity contribution in [1.29, 1.82) is 0 Å². The quantitative estimate of drug-likeness (QED) is 0.391. The molecule has 0 amide bonds. The van der Waals surface area contributed by atoms with E-state index in [-0.39, 0.29) is 11.4 Å². The third-order valence-electron chi connectivity index (χ3n) is 5.45. The van der Waals surface area contributed by atoms with E-state index in [9.17, 15) is 9.18 Å². The highest BCUT2D eigenvalue weighted by Gasteiger charge is 2.18. The van der Waals surface area contributed by atoms with Gasteiger partial charge in [0, 0.05) is 11.9 Å². The summed E-state index contributed by atoms with van der Waals surface area (Å²) in [5, 5.41) is 4.62. The van der Waals surface area contributed by atoms with Crippen LogP contribution in [0.3, 0.4) is 0 Å². The maximum Gasteiger partial charge on any atom is 0.267 e. The van der Waals surface area contributed by atoms with Gasteiger partial charge in [0.05, 0.1) is 16.9 Å². The van der Waals surface area contributed by atoms with Crippen molar-refractivity contribution in [1.82, 2.24) is 19.2 Å². The van der Waals surface area contributed by atoms with Gasteiger partial charge < -0.3 is 4.74 Å². The van der Waals surface area contributed by atoms with Crippen molar-refractivity contribution < 1.29 is 9.13 Å². The minimum Gasteiger partial charge on any atom is -0.485 e. The minimum atomic E-state index is -0.318. The van der Waals surface area contributed by atoms with Gasteiger partial charge in [-0.1, -0.05) is 30.3 Å². The number of aromatic nitrogens is 4. The summed E-state index contributed by atoms with van der Waals surface area (Å²) in [5.41, 5.74) is 4.26. The van der Waals surface area contributed by atoms with E-state index in [1.54, 1.807) is 42.1 Å². The Kier molecular flexibility index (Phi) is 5.22. The molecule has 0 aliphatic rings. The van der Waals surface area contributed by atoms with Gasteiger partial charge in [0.1, 0.15) is 18.1 Å². The molecule has 0 N–H and O–H groups in total. The molecular formula is C26H21FN4O2. The van der Waals surface area contributed by atoms with Crippen molar-refractivity contribution in [2.75, 3.05) is 0 Å². The van der Waals surface area contributed by atoms with Crippen molar-refractivity contribution in [3.63, 3.8) is 0 Å². The van der Waals surface area contributed by atoms with Crippen molar-refractivity contribution in [3.05, 3.63) is 112 Å². The van der Waals surface area contributed by atoms with Crippen molar-refractivity contribution in [2.45, 2.75) is 20.5 Å². The maximum absolute atomic E-state index is 13.4. The molecule has 6 nitrogen and oxygen atoms in total. The smallest absolute Gasteiger partial charge is 0.267 e. The average Bonchev–Trinajstić information content (AvgIpc) is 3.20. The summed E-state index contributed by atoms with van der Waals surface area (Å²) < 4.78 is 22.5. The lowest BCUT2D eigenvalue weighted by atomic mass is 10.1. The van der Waals surface area contributed by atoms with Crippen LogP contribution >= 0.6 is 0 Å². The van der Waals surface area contributed by atoms with Crippen molar-refractivity contribution >= 4 is 5.65 Å². The number of hydrogen-bond donors (Lipinski definition) is 0. The Balaban J connectivity index is 1.56. The van der Waals surface area contributed by atoms with Crippen LogP contribution in [0, 0.1) is 19.7 Å². The first-order chi connectivity index (χ1) is 16.0. The number of hydrogen-bond acceptors (Lipinski definition) is 4. The van der Waals surface area contributed by atoms with Gasteiger partial charge in [0.15, 0.2) is 11.4 Å². The van der Waals surface area contributed by atoms with E-state index in [0.29, 0.717) is 40.6 Å². The van der Waals surface area contributed by atoms with Gasteiger partial charge in [0.2, 0.25) is 0 Å². The summed E-state index contributed by atoms with van der Waals surface area (Å²) in [4.78, 5) is 18.1. The van der Waals surface area contributed by atoms with Gasteiger partial charge in [-0.15, -0.1) is 0 Å². The molecule has 0 bridgehead atoms. The predicted molar refractivity (Wildman–Crippen MR) is 124 cm³/mol. The maximum atomic E-state index is 13.4. The normalized spacial score (nSPS) is 11.1. The van der Waals surface area contributed by atoms with Crippen LogP contribution in [0.5, 0.6) is 5.75 Å². The summed E-state index contributed by atoms with van der Waals surface area (Å²) in [6.45, 7) is 4.05. The molecule has 0 aliphatic heterocycles. The molecule has 0 unspecified atom stereocenters. The molecule has 0 saturated heterocycles. The Hall–Kier alpha value is -4.26. The second kappa shape index (κ2) is 8.35. The molecule has 0 fully saturated rings. The number of rotatable bonds is 5. The molecule has 0 spiro atoms. The summed E-state index contributed by atoms with van der Waals surface area (Å²) in [6.07, 6.45) is 1.67. The number of aryl methyl sites for hydroxylation is 2. The van der Waals surface area contributed by atoms with Crippen LogP contribution in [0.2, 0.25) is 0 Å². The fourth-order valence-corrected chi connectivity index (χ4v) is 3.83. The second-order valence-corrected chi connectivity index (χ2v) is 7.78. The van der Waals surface area contributed by atoms with E-state index in [0.717, 1.165) is 11.3 Å². The van der Waals surface area contributed by atoms with Gasteiger partial charge in [-0.25, -0.2) is 14.1 Å². The Labute approximate surface area is 189 Å². The molecule has 7 heteroatoms. The molecule has 5 aromatic rings. The van der Waals surface area contributed by atoms with E-state index < -0.39 is 0 Å². The number of ether oxygens (including phenoxy) is 1. The molecule has 33 heavy (non-hydrogen) atoms. The molecular weight excluding hydrogens is 419 g/mol. The van der Waals surface area contributed by atoms with E-state index in [2.05, 4.69) is 10.1 Å². The summed E-state index contributed by atoms with van der Waals surface area (Å²) in [7, 11) is 0. The van der Waals surface area contributed by atoms with E-state index in [4.69, 9.17) is 4.74 Å². The van der Waals surface area contributed by atoms with Gasteiger partial charge in [0.25, 0.3) is 5.56 Å². The van der Waals surface area contributed by atoms with Crippen molar-refractivity contribution in [3.8, 4) is 22.7 Å². The first-order valence-corrected chi connectivity index (χ1v) is 10.5. The zero-order valence-corrected chi connectivity index (χ0v) is 18.2. The first kappa shape index (κ1) is 20.6. The lowest BCUT2D eigenvalue weighted by Gasteiger charge is -2.11. The van der Waals surface area contributed by atoms with Crippen LogP contribution in [0.4, 0.5) is 4.39 Å². The lowest BCUT2D eigenvalue weighted by molar-refractivity contribution is 0.308. The second-order valence-electron chi connectivity index (χ2n) is 7.78. The third-order valence-corrected chi connectivity index (χ3v) is 5.45. The Morgan fingerprint density at radius 1 is 0.970 bits per heavy atom. The fraction of sp³-hybridized carbons (Fsp3) is 0.115. The zero-order chi connectivity index (χ0) is 22.9.